The average molecular weight is 543 g/mol. The number of carbonyl (C=O) groups is 2. The van der Waals surface area contributed by atoms with Gasteiger partial charge in [0.1, 0.15) is 0 Å². The Hall–Kier alpha value is -2.28. The molecule has 158 valence electrons. The van der Waals surface area contributed by atoms with Gasteiger partial charge in [0.2, 0.25) is 0 Å². The normalized spacial score (nSPS) is 17.7. The summed E-state index contributed by atoms with van der Waals surface area (Å²) in [6.07, 6.45) is 0.565. The predicted octanol–water partition coefficient (Wildman–Crippen LogP) is 5.78. The van der Waals surface area contributed by atoms with E-state index in [2.05, 4.69) is 31.9 Å². The number of nitrogens with zero attached hydrogens (tertiary/aromatic N) is 1. The molecule has 1 aliphatic heterocycles. The molecular weight excluding hydrogens is 522 g/mol. The van der Waals surface area contributed by atoms with Crippen LogP contribution in [0.3, 0.4) is 0 Å². The van der Waals surface area contributed by atoms with E-state index in [1.165, 1.54) is 0 Å². The van der Waals surface area contributed by atoms with Gasteiger partial charge in [-0.05, 0) is 41.8 Å². The van der Waals surface area contributed by atoms with Crippen LogP contribution in [0, 0.1) is 0 Å². The molecule has 6 heteroatoms. The van der Waals surface area contributed by atoms with Crippen molar-refractivity contribution in [1.82, 2.24) is 0 Å². The summed E-state index contributed by atoms with van der Waals surface area (Å²) in [5.41, 5.74) is 1.66. The van der Waals surface area contributed by atoms with Gasteiger partial charge in [-0.25, -0.2) is 0 Å². The van der Waals surface area contributed by atoms with Gasteiger partial charge < -0.3 is 10.0 Å². The number of amides is 1. The molecule has 1 unspecified atom stereocenters. The first-order valence-electron chi connectivity index (χ1n) is 10.0. The summed E-state index contributed by atoms with van der Waals surface area (Å²) in [6, 6.07) is 20.3. The average Bonchev–Trinajstić information content (AvgIpc) is 2.96. The zero-order valence-electron chi connectivity index (χ0n) is 16.9. The smallest absolute Gasteiger partial charge is 0.264 e. The molecule has 0 saturated heterocycles. The summed E-state index contributed by atoms with van der Waals surface area (Å²) in [6.45, 7) is 2.34. The minimum Gasteiger partial charge on any atom is -0.375 e. The van der Waals surface area contributed by atoms with E-state index in [1.807, 2.05) is 49.4 Å². The summed E-state index contributed by atoms with van der Waals surface area (Å²) in [4.78, 5) is 28.0. The third-order valence-electron chi connectivity index (χ3n) is 5.68. The topological polar surface area (TPSA) is 57.6 Å². The first kappa shape index (κ1) is 21.9. The summed E-state index contributed by atoms with van der Waals surface area (Å²) < 4.78 is 1.61. The number of hydrogen-bond donors (Lipinski definition) is 1. The van der Waals surface area contributed by atoms with Crippen LogP contribution in [-0.2, 0) is 23.4 Å². The second-order valence-corrected chi connectivity index (χ2v) is 9.42. The molecule has 1 amide bonds. The number of rotatable bonds is 6. The van der Waals surface area contributed by atoms with Crippen LogP contribution in [0.15, 0.2) is 75.7 Å². The number of carbonyl (C=O) groups excluding carboxylic acids is 2. The Labute approximate surface area is 198 Å². The molecule has 0 spiro atoms. The number of hydrogen-bond acceptors (Lipinski definition) is 3. The lowest BCUT2D eigenvalue weighted by atomic mass is 9.88. The van der Waals surface area contributed by atoms with Crippen LogP contribution in [0.25, 0.3) is 0 Å². The maximum atomic E-state index is 13.5. The standard InChI is InChI=1S/C25H21Br2NO3/c1-2-16-7-9-17(10-8-16)23(29)14-25(31)20-13-19(26)11-12-22(20)28(24(25)30)15-18-5-3-4-6-21(18)27/h3-13,31H,2,14-15H2,1H3. The SMILES string of the molecule is CCc1ccc(C(=O)CC2(O)C(=O)N(Cc3ccccc3Br)c3ccc(Br)cc32)cc1. The van der Waals surface area contributed by atoms with Crippen molar-refractivity contribution in [2.45, 2.75) is 31.9 Å². The van der Waals surface area contributed by atoms with Gasteiger partial charge in [0.25, 0.3) is 5.91 Å². The molecule has 0 radical (unpaired) electrons. The minimum absolute atomic E-state index is 0.271. The van der Waals surface area contributed by atoms with Crippen molar-refractivity contribution >= 4 is 49.2 Å². The van der Waals surface area contributed by atoms with E-state index in [0.29, 0.717) is 16.8 Å². The van der Waals surface area contributed by atoms with Crippen LogP contribution in [0.5, 0.6) is 0 Å². The van der Waals surface area contributed by atoms with Crippen molar-refractivity contribution in [1.29, 1.82) is 0 Å². The number of aliphatic hydroxyl groups is 1. The van der Waals surface area contributed by atoms with E-state index < -0.39 is 11.5 Å². The van der Waals surface area contributed by atoms with E-state index >= 15 is 0 Å². The number of anilines is 1. The Morgan fingerprint density at radius 3 is 2.42 bits per heavy atom. The van der Waals surface area contributed by atoms with E-state index in [4.69, 9.17) is 0 Å². The molecular formula is C25H21Br2NO3. The Bertz CT molecular complexity index is 1160. The van der Waals surface area contributed by atoms with E-state index in [0.717, 1.165) is 26.5 Å². The van der Waals surface area contributed by atoms with Gasteiger partial charge in [-0.2, -0.15) is 0 Å². The summed E-state index contributed by atoms with van der Waals surface area (Å²) in [7, 11) is 0. The molecule has 1 aliphatic rings. The van der Waals surface area contributed by atoms with Crippen LogP contribution < -0.4 is 4.90 Å². The highest BCUT2D eigenvalue weighted by Gasteiger charge is 2.51. The molecule has 0 bridgehead atoms. The number of aryl methyl sites for hydroxylation is 1. The monoisotopic (exact) mass is 541 g/mol. The van der Waals surface area contributed by atoms with Crippen molar-refractivity contribution in [2.75, 3.05) is 4.90 Å². The van der Waals surface area contributed by atoms with Gasteiger partial charge in [-0.15, -0.1) is 0 Å². The number of Topliss-reactive ketones (excluding diaryl/α,β-unsaturated/α-hetero) is 1. The van der Waals surface area contributed by atoms with Crippen molar-refractivity contribution in [3.05, 3.63) is 97.9 Å². The zero-order chi connectivity index (χ0) is 22.2. The van der Waals surface area contributed by atoms with Crippen LogP contribution in [0.2, 0.25) is 0 Å². The van der Waals surface area contributed by atoms with Crippen LogP contribution >= 0.6 is 31.9 Å². The molecule has 0 fully saturated rings. The Morgan fingerprint density at radius 2 is 1.74 bits per heavy atom. The van der Waals surface area contributed by atoms with Gasteiger partial charge in [0.15, 0.2) is 11.4 Å². The van der Waals surface area contributed by atoms with Gasteiger partial charge in [0, 0.05) is 20.1 Å². The first-order valence-corrected chi connectivity index (χ1v) is 11.6. The maximum absolute atomic E-state index is 13.5. The van der Waals surface area contributed by atoms with Gasteiger partial charge in [-0.1, -0.05) is 81.2 Å². The van der Waals surface area contributed by atoms with Crippen molar-refractivity contribution in [2.24, 2.45) is 0 Å². The van der Waals surface area contributed by atoms with Crippen molar-refractivity contribution in [3.63, 3.8) is 0 Å². The summed E-state index contributed by atoms with van der Waals surface area (Å²) >= 11 is 6.95. The Kier molecular flexibility index (Phi) is 6.15. The van der Waals surface area contributed by atoms with Gasteiger partial charge in [-0.3, -0.25) is 9.59 Å². The van der Waals surface area contributed by atoms with Gasteiger partial charge in [0.05, 0.1) is 18.7 Å². The number of benzene rings is 3. The highest BCUT2D eigenvalue weighted by molar-refractivity contribution is 9.10. The number of ketones is 1. The lowest BCUT2D eigenvalue weighted by Crippen LogP contribution is -2.41. The highest BCUT2D eigenvalue weighted by atomic mass is 79.9. The Morgan fingerprint density at radius 1 is 1.03 bits per heavy atom. The molecule has 1 atom stereocenters. The number of fused-ring (bicyclic) bond motifs is 1. The third kappa shape index (κ3) is 4.12. The fourth-order valence-electron chi connectivity index (χ4n) is 3.91. The van der Waals surface area contributed by atoms with Crippen molar-refractivity contribution < 1.29 is 14.7 Å². The fourth-order valence-corrected chi connectivity index (χ4v) is 4.68. The van der Waals surface area contributed by atoms with E-state index in [-0.39, 0.29) is 18.7 Å². The summed E-state index contributed by atoms with van der Waals surface area (Å²) in [5, 5.41) is 11.5. The first-order chi connectivity index (χ1) is 14.8. The molecule has 4 rings (SSSR count). The second-order valence-electron chi connectivity index (χ2n) is 7.65. The maximum Gasteiger partial charge on any atom is 0.264 e. The molecule has 0 aliphatic carbocycles. The van der Waals surface area contributed by atoms with E-state index in [9.17, 15) is 14.7 Å². The number of halogens is 2. The largest absolute Gasteiger partial charge is 0.375 e. The fraction of sp³-hybridized carbons (Fsp3) is 0.200. The minimum atomic E-state index is -1.92. The zero-order valence-corrected chi connectivity index (χ0v) is 20.1. The third-order valence-corrected chi connectivity index (χ3v) is 6.95. The second kappa shape index (κ2) is 8.69. The lowest BCUT2D eigenvalue weighted by Gasteiger charge is -2.23. The summed E-state index contributed by atoms with van der Waals surface area (Å²) in [5.74, 6) is -0.762. The van der Waals surface area contributed by atoms with Crippen LogP contribution in [-0.4, -0.2) is 16.8 Å². The highest BCUT2D eigenvalue weighted by Crippen LogP contribution is 2.45. The molecule has 0 saturated carbocycles. The van der Waals surface area contributed by atoms with Crippen molar-refractivity contribution in [3.8, 4) is 0 Å². The van der Waals surface area contributed by atoms with Crippen LogP contribution in [0.1, 0.15) is 40.4 Å². The van der Waals surface area contributed by atoms with E-state index in [1.54, 1.807) is 29.2 Å². The quantitative estimate of drug-likeness (QED) is 0.401. The molecule has 31 heavy (non-hydrogen) atoms. The molecule has 0 aromatic heterocycles. The molecule has 1 N–H and O–H groups in total. The molecule has 4 nitrogen and oxygen atoms in total. The lowest BCUT2D eigenvalue weighted by molar-refractivity contribution is -0.136. The van der Waals surface area contributed by atoms with Gasteiger partial charge >= 0.3 is 0 Å². The molecule has 3 aromatic carbocycles. The predicted molar refractivity (Wildman–Crippen MR) is 128 cm³/mol. The Balaban J connectivity index is 1.70. The molecule has 1 heterocycles. The van der Waals surface area contributed by atoms with Crippen LogP contribution in [0.4, 0.5) is 5.69 Å². The molecule has 3 aromatic rings.